The predicted molar refractivity (Wildman–Crippen MR) is 77.1 cm³/mol. The molecular weight excluding hydrogens is 289 g/mol. The summed E-state index contributed by atoms with van der Waals surface area (Å²) in [6.45, 7) is 3.25. The molecule has 0 saturated heterocycles. The van der Waals surface area contributed by atoms with Crippen LogP contribution in [0.15, 0.2) is 24.3 Å². The molecule has 0 spiro atoms. The zero-order valence-electron chi connectivity index (χ0n) is 12.5. The number of halogens is 1. The summed E-state index contributed by atoms with van der Waals surface area (Å²) in [6.07, 6.45) is 0. The molecule has 0 aliphatic heterocycles. The molecule has 5 nitrogen and oxygen atoms in total. The number of hydrogen-bond acceptors (Lipinski definition) is 4. The average molecular weight is 305 g/mol. The van der Waals surface area contributed by atoms with E-state index in [9.17, 15) is 14.0 Å². The Morgan fingerprint density at radius 1 is 1.23 bits per heavy atom. The van der Waals surface area contributed by atoms with E-state index in [-0.39, 0.29) is 12.3 Å². The summed E-state index contributed by atoms with van der Waals surface area (Å²) >= 11 is 0. The van der Waals surface area contributed by atoms with Crippen LogP contribution in [-0.2, 0) is 16.1 Å². The fourth-order valence-corrected chi connectivity index (χ4v) is 2.21. The van der Waals surface area contributed by atoms with Gasteiger partial charge in [0.05, 0.1) is 12.7 Å². The number of carbonyl (C=O) groups is 2. The van der Waals surface area contributed by atoms with Crippen molar-refractivity contribution in [2.75, 3.05) is 7.11 Å². The molecule has 6 heteroatoms. The normalized spacial score (nSPS) is 10.4. The van der Waals surface area contributed by atoms with Crippen LogP contribution in [0.25, 0.3) is 0 Å². The van der Waals surface area contributed by atoms with Crippen LogP contribution in [0.2, 0.25) is 0 Å². The number of esters is 2. The first-order chi connectivity index (χ1) is 10.4. The molecule has 0 aliphatic carbocycles. The lowest BCUT2D eigenvalue weighted by molar-refractivity contribution is 0.0465. The summed E-state index contributed by atoms with van der Waals surface area (Å²) in [6, 6.07) is 5.80. The largest absolute Gasteiger partial charge is 0.465 e. The van der Waals surface area contributed by atoms with Gasteiger partial charge < -0.3 is 14.5 Å². The average Bonchev–Trinajstić information content (AvgIpc) is 2.79. The van der Waals surface area contributed by atoms with Crippen LogP contribution in [0.1, 0.15) is 37.7 Å². The van der Waals surface area contributed by atoms with Gasteiger partial charge in [-0.1, -0.05) is 12.1 Å². The Hall–Kier alpha value is -2.63. The van der Waals surface area contributed by atoms with Gasteiger partial charge in [-0.3, -0.25) is 0 Å². The second-order valence-corrected chi connectivity index (χ2v) is 4.82. The molecule has 1 N–H and O–H groups in total. The summed E-state index contributed by atoms with van der Waals surface area (Å²) in [7, 11) is 1.27. The molecular formula is C16H16FNO4. The number of carbonyl (C=O) groups excluding carboxylic acids is 2. The van der Waals surface area contributed by atoms with Gasteiger partial charge >= 0.3 is 11.9 Å². The highest BCUT2D eigenvalue weighted by atomic mass is 19.1. The van der Waals surface area contributed by atoms with E-state index in [4.69, 9.17) is 4.74 Å². The summed E-state index contributed by atoms with van der Waals surface area (Å²) in [5.41, 5.74) is 2.05. The Bertz CT molecular complexity index is 721. The highest BCUT2D eigenvalue weighted by Gasteiger charge is 2.23. The van der Waals surface area contributed by atoms with Crippen LogP contribution < -0.4 is 0 Å². The zero-order chi connectivity index (χ0) is 16.3. The maximum absolute atomic E-state index is 13.1. The Labute approximate surface area is 127 Å². The topological polar surface area (TPSA) is 68.4 Å². The third kappa shape index (κ3) is 3.16. The van der Waals surface area contributed by atoms with E-state index in [2.05, 4.69) is 9.72 Å². The van der Waals surface area contributed by atoms with Crippen molar-refractivity contribution in [3.05, 3.63) is 58.2 Å². The van der Waals surface area contributed by atoms with Crippen molar-refractivity contribution >= 4 is 11.9 Å². The molecule has 2 aromatic rings. The van der Waals surface area contributed by atoms with Crippen molar-refractivity contribution < 1.29 is 23.5 Å². The smallest absolute Gasteiger partial charge is 0.355 e. The van der Waals surface area contributed by atoms with Gasteiger partial charge in [0.1, 0.15) is 18.1 Å². The maximum atomic E-state index is 13.1. The quantitative estimate of drug-likeness (QED) is 0.882. The molecule has 2 rings (SSSR count). The molecule has 116 valence electrons. The lowest BCUT2D eigenvalue weighted by Gasteiger charge is -2.05. The second-order valence-electron chi connectivity index (χ2n) is 4.82. The van der Waals surface area contributed by atoms with Crippen LogP contribution in [0.3, 0.4) is 0 Å². The highest BCUT2D eigenvalue weighted by Crippen LogP contribution is 2.20. The van der Waals surface area contributed by atoms with Crippen molar-refractivity contribution in [2.45, 2.75) is 20.5 Å². The molecule has 1 aromatic carbocycles. The van der Waals surface area contributed by atoms with Crippen LogP contribution in [0.5, 0.6) is 0 Å². The Balaban J connectivity index is 2.15. The van der Waals surface area contributed by atoms with Gasteiger partial charge in [-0.05, 0) is 37.1 Å². The first-order valence-electron chi connectivity index (χ1n) is 6.63. The molecule has 1 aromatic heterocycles. The fraction of sp³-hybridized carbons (Fsp3) is 0.250. The van der Waals surface area contributed by atoms with E-state index in [1.807, 2.05) is 0 Å². The molecule has 0 radical (unpaired) electrons. The summed E-state index contributed by atoms with van der Waals surface area (Å²) in [5, 5.41) is 0. The molecule has 22 heavy (non-hydrogen) atoms. The first-order valence-corrected chi connectivity index (χ1v) is 6.63. The van der Waals surface area contributed by atoms with Crippen LogP contribution in [0.4, 0.5) is 4.39 Å². The minimum Gasteiger partial charge on any atom is -0.465 e. The van der Waals surface area contributed by atoms with Gasteiger partial charge in [0.15, 0.2) is 0 Å². The van der Waals surface area contributed by atoms with Crippen molar-refractivity contribution in [3.8, 4) is 0 Å². The van der Waals surface area contributed by atoms with Crippen molar-refractivity contribution in [1.29, 1.82) is 0 Å². The molecule has 0 amide bonds. The third-order valence-corrected chi connectivity index (χ3v) is 3.29. The molecule has 0 saturated carbocycles. The number of hydrogen-bond donors (Lipinski definition) is 1. The first kappa shape index (κ1) is 15.8. The number of nitrogens with one attached hydrogen (secondary N) is 1. The van der Waals surface area contributed by atoms with Gasteiger partial charge in [0.2, 0.25) is 0 Å². The fourth-order valence-electron chi connectivity index (χ4n) is 2.21. The minimum atomic E-state index is -0.611. The Morgan fingerprint density at radius 3 is 2.59 bits per heavy atom. The third-order valence-electron chi connectivity index (χ3n) is 3.29. The van der Waals surface area contributed by atoms with Crippen LogP contribution >= 0.6 is 0 Å². The predicted octanol–water partition coefficient (Wildman–Crippen LogP) is 2.91. The standard InChI is InChI=1S/C16H16FNO4/c1-9-13(15(19)21-3)10(2)18-14(9)16(20)22-8-11-5-4-6-12(17)7-11/h4-7,18H,8H2,1-3H3. The number of ether oxygens (including phenoxy) is 2. The Kier molecular flexibility index (Phi) is 4.60. The lowest BCUT2D eigenvalue weighted by atomic mass is 10.1. The number of rotatable bonds is 4. The molecule has 0 aliphatic rings. The number of methoxy groups -OCH3 is 1. The number of H-pyrrole nitrogens is 1. The van der Waals surface area contributed by atoms with E-state index in [0.717, 1.165) is 0 Å². The maximum Gasteiger partial charge on any atom is 0.355 e. The van der Waals surface area contributed by atoms with E-state index in [0.29, 0.717) is 22.4 Å². The number of benzene rings is 1. The molecule has 0 atom stereocenters. The van der Waals surface area contributed by atoms with Crippen molar-refractivity contribution in [3.63, 3.8) is 0 Å². The van der Waals surface area contributed by atoms with Crippen molar-refractivity contribution in [2.24, 2.45) is 0 Å². The SMILES string of the molecule is COC(=O)c1c(C)[nH]c(C(=O)OCc2cccc(F)c2)c1C. The number of aryl methyl sites for hydroxylation is 1. The van der Waals surface area contributed by atoms with Crippen LogP contribution in [0, 0.1) is 19.7 Å². The van der Waals surface area contributed by atoms with Gasteiger partial charge in [-0.2, -0.15) is 0 Å². The number of aromatic nitrogens is 1. The van der Waals surface area contributed by atoms with E-state index in [1.165, 1.54) is 25.3 Å². The van der Waals surface area contributed by atoms with Gasteiger partial charge in [0.25, 0.3) is 0 Å². The Morgan fingerprint density at radius 2 is 1.95 bits per heavy atom. The number of aromatic amines is 1. The van der Waals surface area contributed by atoms with Gasteiger partial charge in [-0.25, -0.2) is 14.0 Å². The lowest BCUT2D eigenvalue weighted by Crippen LogP contribution is -2.08. The highest BCUT2D eigenvalue weighted by molar-refractivity contribution is 5.98. The van der Waals surface area contributed by atoms with E-state index < -0.39 is 17.8 Å². The van der Waals surface area contributed by atoms with E-state index in [1.54, 1.807) is 19.9 Å². The molecule has 0 unspecified atom stereocenters. The van der Waals surface area contributed by atoms with Crippen LogP contribution in [-0.4, -0.2) is 24.0 Å². The van der Waals surface area contributed by atoms with Crippen molar-refractivity contribution in [1.82, 2.24) is 4.98 Å². The molecule has 1 heterocycles. The molecule has 0 bridgehead atoms. The second kappa shape index (κ2) is 6.43. The minimum absolute atomic E-state index is 0.0539. The monoisotopic (exact) mass is 305 g/mol. The van der Waals surface area contributed by atoms with E-state index >= 15 is 0 Å². The summed E-state index contributed by atoms with van der Waals surface area (Å²) in [5.74, 6) is -1.52. The van der Waals surface area contributed by atoms with Gasteiger partial charge in [-0.15, -0.1) is 0 Å². The zero-order valence-corrected chi connectivity index (χ0v) is 12.5. The summed E-state index contributed by atoms with van der Waals surface area (Å²) in [4.78, 5) is 26.6. The van der Waals surface area contributed by atoms with Gasteiger partial charge in [0, 0.05) is 5.69 Å². The molecule has 0 fully saturated rings. The summed E-state index contributed by atoms with van der Waals surface area (Å²) < 4.78 is 22.9.